The van der Waals surface area contributed by atoms with Crippen molar-refractivity contribution in [2.24, 2.45) is 0 Å². The minimum Gasteiger partial charge on any atom is -0.340 e. The van der Waals surface area contributed by atoms with Gasteiger partial charge in [-0.15, -0.1) is 0 Å². The van der Waals surface area contributed by atoms with Gasteiger partial charge >= 0.3 is 0 Å². The Morgan fingerprint density at radius 3 is 2.72 bits per heavy atom. The fourth-order valence-electron chi connectivity index (χ4n) is 1.87. The fraction of sp³-hybridized carbons (Fsp3) is 0.643. The number of carbonyl (C=O) groups is 1. The molecule has 0 unspecified atom stereocenters. The van der Waals surface area contributed by atoms with Crippen LogP contribution in [0.3, 0.4) is 0 Å². The molecule has 0 saturated carbocycles. The molecular formula is C14H24N2OS. The molecule has 18 heavy (non-hydrogen) atoms. The molecule has 1 amide bonds. The van der Waals surface area contributed by atoms with Crippen LogP contribution in [0.2, 0.25) is 0 Å². The molecule has 0 bridgehead atoms. The highest BCUT2D eigenvalue weighted by Gasteiger charge is 2.15. The Morgan fingerprint density at radius 2 is 2.17 bits per heavy atom. The third kappa shape index (κ3) is 4.78. The zero-order valence-corrected chi connectivity index (χ0v) is 12.7. The fourth-order valence-corrected chi connectivity index (χ4v) is 2.53. The second-order valence-corrected chi connectivity index (χ2v) is 5.71. The van der Waals surface area contributed by atoms with Crippen LogP contribution in [0.1, 0.15) is 32.3 Å². The lowest BCUT2D eigenvalue weighted by molar-refractivity contribution is -0.131. The second kappa shape index (κ2) is 7.54. The van der Waals surface area contributed by atoms with Gasteiger partial charge in [0.2, 0.25) is 5.91 Å². The molecule has 1 rings (SSSR count). The van der Waals surface area contributed by atoms with Gasteiger partial charge in [0.15, 0.2) is 0 Å². The molecule has 1 atom stereocenters. The normalized spacial score (nSPS) is 12.7. The van der Waals surface area contributed by atoms with Crippen LogP contribution in [0.25, 0.3) is 0 Å². The highest BCUT2D eigenvalue weighted by molar-refractivity contribution is 7.07. The van der Waals surface area contributed by atoms with Crippen LogP contribution in [0.15, 0.2) is 16.8 Å². The van der Waals surface area contributed by atoms with Crippen LogP contribution in [0, 0.1) is 0 Å². The van der Waals surface area contributed by atoms with Gasteiger partial charge in [0.05, 0.1) is 6.54 Å². The van der Waals surface area contributed by atoms with E-state index in [-0.39, 0.29) is 5.91 Å². The third-order valence-electron chi connectivity index (χ3n) is 3.27. The molecule has 0 radical (unpaired) electrons. The van der Waals surface area contributed by atoms with Crippen LogP contribution >= 0.6 is 11.3 Å². The largest absolute Gasteiger partial charge is 0.340 e. The summed E-state index contributed by atoms with van der Waals surface area (Å²) in [5.74, 6) is 0.187. The van der Waals surface area contributed by atoms with Gasteiger partial charge in [-0.2, -0.15) is 11.3 Å². The van der Waals surface area contributed by atoms with Crippen molar-refractivity contribution in [2.75, 3.05) is 20.6 Å². The molecule has 0 aliphatic carbocycles. The van der Waals surface area contributed by atoms with Crippen molar-refractivity contribution in [3.05, 3.63) is 22.4 Å². The molecular weight excluding hydrogens is 244 g/mol. The van der Waals surface area contributed by atoms with Gasteiger partial charge in [-0.05, 0) is 42.8 Å². The standard InChI is InChI=1S/C14H24N2OS/c1-5-6-12(2)15(3)10-14(17)16(4)9-13-7-8-18-11-13/h7-8,11-12H,5-6,9-10H2,1-4H3/t12-/m0/s1. The van der Waals surface area contributed by atoms with Crippen LogP contribution in [0.5, 0.6) is 0 Å². The molecule has 1 aromatic heterocycles. The SMILES string of the molecule is CCC[C@H](C)N(C)CC(=O)N(C)Cc1ccsc1. The Labute approximate surface area is 114 Å². The van der Waals surface area contributed by atoms with E-state index in [9.17, 15) is 4.79 Å². The lowest BCUT2D eigenvalue weighted by Gasteiger charge is -2.26. The number of rotatable bonds is 7. The van der Waals surface area contributed by atoms with Crippen molar-refractivity contribution in [2.45, 2.75) is 39.3 Å². The number of thiophene rings is 1. The summed E-state index contributed by atoms with van der Waals surface area (Å²) in [4.78, 5) is 16.0. The van der Waals surface area contributed by atoms with Gasteiger partial charge in [0, 0.05) is 19.6 Å². The van der Waals surface area contributed by atoms with E-state index in [1.54, 1.807) is 16.2 Å². The van der Waals surface area contributed by atoms with E-state index in [1.165, 1.54) is 5.56 Å². The van der Waals surface area contributed by atoms with Crippen molar-refractivity contribution in [3.63, 3.8) is 0 Å². The van der Waals surface area contributed by atoms with Gasteiger partial charge in [-0.25, -0.2) is 0 Å². The maximum Gasteiger partial charge on any atom is 0.236 e. The number of likely N-dealkylation sites (N-methyl/N-ethyl adjacent to an activating group) is 2. The number of nitrogens with zero attached hydrogens (tertiary/aromatic N) is 2. The summed E-state index contributed by atoms with van der Waals surface area (Å²) in [7, 11) is 3.90. The van der Waals surface area contributed by atoms with Crippen molar-refractivity contribution in [3.8, 4) is 0 Å². The van der Waals surface area contributed by atoms with Gasteiger partial charge in [0.25, 0.3) is 0 Å². The molecule has 4 heteroatoms. The zero-order chi connectivity index (χ0) is 13.5. The number of carbonyl (C=O) groups excluding carboxylic acids is 1. The Morgan fingerprint density at radius 1 is 1.44 bits per heavy atom. The minimum absolute atomic E-state index is 0.187. The first-order valence-electron chi connectivity index (χ1n) is 6.49. The summed E-state index contributed by atoms with van der Waals surface area (Å²) < 4.78 is 0. The first-order valence-corrected chi connectivity index (χ1v) is 7.44. The summed E-state index contributed by atoms with van der Waals surface area (Å²) in [5.41, 5.74) is 1.21. The average molecular weight is 268 g/mol. The molecule has 0 N–H and O–H groups in total. The smallest absolute Gasteiger partial charge is 0.236 e. The topological polar surface area (TPSA) is 23.6 Å². The van der Waals surface area contributed by atoms with Gasteiger partial charge in [-0.1, -0.05) is 13.3 Å². The predicted molar refractivity (Wildman–Crippen MR) is 77.8 cm³/mol. The van der Waals surface area contributed by atoms with Crippen LogP contribution in [0.4, 0.5) is 0 Å². The zero-order valence-electron chi connectivity index (χ0n) is 11.8. The van der Waals surface area contributed by atoms with E-state index in [1.807, 2.05) is 19.5 Å². The Balaban J connectivity index is 2.39. The molecule has 0 fully saturated rings. The lowest BCUT2D eigenvalue weighted by atomic mass is 10.2. The molecule has 3 nitrogen and oxygen atoms in total. The number of hydrogen-bond acceptors (Lipinski definition) is 3. The van der Waals surface area contributed by atoms with E-state index in [0.717, 1.165) is 12.8 Å². The summed E-state index contributed by atoms with van der Waals surface area (Å²) in [6, 6.07) is 2.53. The van der Waals surface area contributed by atoms with E-state index >= 15 is 0 Å². The quantitative estimate of drug-likeness (QED) is 0.759. The summed E-state index contributed by atoms with van der Waals surface area (Å²) in [6.07, 6.45) is 2.29. The predicted octanol–water partition coefficient (Wildman–Crippen LogP) is 2.83. The van der Waals surface area contributed by atoms with E-state index < -0.39 is 0 Å². The summed E-state index contributed by atoms with van der Waals surface area (Å²) >= 11 is 1.67. The number of hydrogen-bond donors (Lipinski definition) is 0. The van der Waals surface area contributed by atoms with E-state index in [4.69, 9.17) is 0 Å². The monoisotopic (exact) mass is 268 g/mol. The van der Waals surface area contributed by atoms with Gasteiger partial charge in [-0.3, -0.25) is 9.69 Å². The maximum atomic E-state index is 12.1. The third-order valence-corrected chi connectivity index (χ3v) is 4.00. The molecule has 102 valence electrons. The van der Waals surface area contributed by atoms with E-state index in [2.05, 4.69) is 30.2 Å². The molecule has 0 aromatic carbocycles. The Kier molecular flexibility index (Phi) is 6.36. The summed E-state index contributed by atoms with van der Waals surface area (Å²) in [5, 5.41) is 4.14. The Bertz CT molecular complexity index is 351. The first-order chi connectivity index (χ1) is 8.54. The van der Waals surface area contributed by atoms with Crippen molar-refractivity contribution < 1.29 is 4.79 Å². The lowest BCUT2D eigenvalue weighted by Crippen LogP contribution is -2.40. The van der Waals surface area contributed by atoms with Gasteiger partial charge in [0.1, 0.15) is 0 Å². The minimum atomic E-state index is 0.187. The van der Waals surface area contributed by atoms with Crippen molar-refractivity contribution in [1.29, 1.82) is 0 Å². The molecule has 0 spiro atoms. The van der Waals surface area contributed by atoms with E-state index in [0.29, 0.717) is 19.1 Å². The second-order valence-electron chi connectivity index (χ2n) is 4.93. The van der Waals surface area contributed by atoms with Crippen LogP contribution in [-0.2, 0) is 11.3 Å². The molecule has 0 saturated heterocycles. The van der Waals surface area contributed by atoms with Gasteiger partial charge < -0.3 is 4.90 Å². The van der Waals surface area contributed by atoms with Crippen molar-refractivity contribution in [1.82, 2.24) is 9.80 Å². The molecule has 1 heterocycles. The highest BCUT2D eigenvalue weighted by Crippen LogP contribution is 2.09. The van der Waals surface area contributed by atoms with Crippen LogP contribution < -0.4 is 0 Å². The molecule has 0 aliphatic heterocycles. The summed E-state index contributed by atoms with van der Waals surface area (Å²) in [6.45, 7) is 5.56. The first kappa shape index (κ1) is 15.2. The maximum absolute atomic E-state index is 12.1. The average Bonchev–Trinajstić information content (AvgIpc) is 2.81. The highest BCUT2D eigenvalue weighted by atomic mass is 32.1. The van der Waals surface area contributed by atoms with Crippen LogP contribution in [-0.4, -0.2) is 42.4 Å². The number of amides is 1. The Hall–Kier alpha value is -0.870. The molecule has 0 aliphatic rings. The van der Waals surface area contributed by atoms with Crippen molar-refractivity contribution >= 4 is 17.2 Å². The molecule has 1 aromatic rings.